The summed E-state index contributed by atoms with van der Waals surface area (Å²) in [7, 11) is -3.66. The Labute approximate surface area is 159 Å². The molecule has 0 N–H and O–H groups in total. The Bertz CT molecular complexity index is 928. The summed E-state index contributed by atoms with van der Waals surface area (Å²) in [5.41, 5.74) is 2.36. The first-order valence-corrected chi connectivity index (χ1v) is 10.6. The van der Waals surface area contributed by atoms with Gasteiger partial charge in [0.1, 0.15) is 6.04 Å². The van der Waals surface area contributed by atoms with E-state index >= 15 is 0 Å². The van der Waals surface area contributed by atoms with E-state index in [1.165, 1.54) is 0 Å². The van der Waals surface area contributed by atoms with Crippen LogP contribution in [0.5, 0.6) is 0 Å². The van der Waals surface area contributed by atoms with Crippen LogP contribution in [0.15, 0.2) is 48.5 Å². The molecule has 5 nitrogen and oxygen atoms in total. The summed E-state index contributed by atoms with van der Waals surface area (Å²) in [6.07, 6.45) is 1.86. The predicted molar refractivity (Wildman–Crippen MR) is 105 cm³/mol. The van der Waals surface area contributed by atoms with E-state index in [0.717, 1.165) is 28.2 Å². The Balaban J connectivity index is 1.98. The molecule has 0 fully saturated rings. The van der Waals surface area contributed by atoms with Crippen molar-refractivity contribution in [2.24, 2.45) is 0 Å². The second kappa shape index (κ2) is 6.93. The van der Waals surface area contributed by atoms with E-state index in [0.29, 0.717) is 10.7 Å². The summed E-state index contributed by atoms with van der Waals surface area (Å²) in [6, 6.07) is 13.3. The lowest BCUT2D eigenvalue weighted by Crippen LogP contribution is -2.51. The summed E-state index contributed by atoms with van der Waals surface area (Å²) in [4.78, 5) is 14.9. The van der Waals surface area contributed by atoms with Crippen LogP contribution >= 0.6 is 11.6 Å². The Morgan fingerprint density at radius 1 is 1.19 bits per heavy atom. The third kappa shape index (κ3) is 3.44. The minimum absolute atomic E-state index is 0.0195. The predicted octanol–water partition coefficient (Wildman–Crippen LogP) is 3.47. The summed E-state index contributed by atoms with van der Waals surface area (Å²) in [5.74, 6) is -0.247. The van der Waals surface area contributed by atoms with Gasteiger partial charge in [-0.3, -0.25) is 9.10 Å². The van der Waals surface area contributed by atoms with Crippen molar-refractivity contribution in [3.63, 3.8) is 0 Å². The molecule has 1 heterocycles. The number of fused-ring (bicyclic) bond motifs is 1. The van der Waals surface area contributed by atoms with Crippen LogP contribution in [0.1, 0.15) is 19.4 Å². The molecule has 138 valence electrons. The van der Waals surface area contributed by atoms with Crippen molar-refractivity contribution < 1.29 is 13.2 Å². The van der Waals surface area contributed by atoms with Gasteiger partial charge < -0.3 is 4.90 Å². The minimum Gasteiger partial charge on any atom is -0.307 e. The average molecular weight is 393 g/mol. The number of hydrogen-bond donors (Lipinski definition) is 0. The van der Waals surface area contributed by atoms with Crippen LogP contribution in [-0.2, 0) is 21.2 Å². The van der Waals surface area contributed by atoms with Crippen molar-refractivity contribution >= 4 is 38.9 Å². The lowest BCUT2D eigenvalue weighted by atomic mass is 10.1. The smallest absolute Gasteiger partial charge is 0.250 e. The molecular formula is C19H21ClN2O3S. The van der Waals surface area contributed by atoms with E-state index in [-0.39, 0.29) is 11.9 Å². The van der Waals surface area contributed by atoms with Gasteiger partial charge in [0.25, 0.3) is 5.91 Å². The molecule has 0 saturated carbocycles. The Morgan fingerprint density at radius 3 is 2.42 bits per heavy atom. The Kier molecular flexibility index (Phi) is 4.99. The SMILES string of the molecule is C[C@H]1Cc2ccccc2N1C(=O)[C@H](C)N(c1ccc(Cl)cc1)S(C)(=O)=O. The van der Waals surface area contributed by atoms with E-state index in [9.17, 15) is 13.2 Å². The van der Waals surface area contributed by atoms with Gasteiger partial charge in [-0.2, -0.15) is 0 Å². The molecule has 1 aliphatic rings. The highest BCUT2D eigenvalue weighted by Crippen LogP contribution is 2.33. The lowest BCUT2D eigenvalue weighted by molar-refractivity contribution is -0.119. The molecule has 26 heavy (non-hydrogen) atoms. The van der Waals surface area contributed by atoms with Gasteiger partial charge in [0.05, 0.1) is 11.9 Å². The molecule has 2 aromatic rings. The monoisotopic (exact) mass is 392 g/mol. The number of halogens is 1. The molecule has 0 bridgehead atoms. The fourth-order valence-corrected chi connectivity index (χ4v) is 4.79. The van der Waals surface area contributed by atoms with Crippen LogP contribution in [0.2, 0.25) is 5.02 Å². The number of nitrogens with zero attached hydrogens (tertiary/aromatic N) is 2. The normalized spacial score (nSPS) is 17.7. The molecule has 3 rings (SSSR count). The Morgan fingerprint density at radius 2 is 1.81 bits per heavy atom. The number of anilines is 2. The molecule has 1 amide bonds. The van der Waals surface area contributed by atoms with Crippen LogP contribution in [0, 0.1) is 0 Å². The van der Waals surface area contributed by atoms with Gasteiger partial charge in [0.2, 0.25) is 10.0 Å². The molecule has 0 radical (unpaired) electrons. The van der Waals surface area contributed by atoms with Crippen molar-refractivity contribution in [1.29, 1.82) is 0 Å². The molecule has 0 aromatic heterocycles. The minimum atomic E-state index is -3.66. The Hall–Kier alpha value is -2.05. The number of carbonyl (C=O) groups is 1. The van der Waals surface area contributed by atoms with Crippen LogP contribution in [-0.4, -0.2) is 32.7 Å². The van der Waals surface area contributed by atoms with E-state index < -0.39 is 16.1 Å². The molecule has 0 spiro atoms. The second-order valence-electron chi connectivity index (χ2n) is 6.60. The number of hydrogen-bond acceptors (Lipinski definition) is 3. The molecule has 0 unspecified atom stereocenters. The van der Waals surface area contributed by atoms with E-state index in [4.69, 9.17) is 11.6 Å². The van der Waals surface area contributed by atoms with Crippen molar-refractivity contribution in [2.45, 2.75) is 32.4 Å². The van der Waals surface area contributed by atoms with E-state index in [1.54, 1.807) is 36.1 Å². The van der Waals surface area contributed by atoms with E-state index in [1.807, 2.05) is 31.2 Å². The number of para-hydroxylation sites is 1. The highest BCUT2D eigenvalue weighted by Gasteiger charge is 2.37. The van der Waals surface area contributed by atoms with Gasteiger partial charge in [-0.1, -0.05) is 29.8 Å². The molecule has 2 aromatic carbocycles. The lowest BCUT2D eigenvalue weighted by Gasteiger charge is -2.33. The standard InChI is InChI=1S/C19H21ClN2O3S/c1-13-12-15-6-4-5-7-18(15)21(13)19(23)14(2)22(26(3,24)25)17-10-8-16(20)9-11-17/h4-11,13-14H,12H2,1-3H3/t13-,14-/m0/s1. The summed E-state index contributed by atoms with van der Waals surface area (Å²) < 4.78 is 26.0. The number of carbonyl (C=O) groups excluding carboxylic acids is 1. The summed E-state index contributed by atoms with van der Waals surface area (Å²) in [5, 5.41) is 0.503. The highest BCUT2D eigenvalue weighted by molar-refractivity contribution is 7.92. The quantitative estimate of drug-likeness (QED) is 0.800. The number of amides is 1. The molecule has 0 aliphatic carbocycles. The third-order valence-corrected chi connectivity index (χ3v) is 6.09. The topological polar surface area (TPSA) is 57.7 Å². The number of rotatable bonds is 4. The number of benzene rings is 2. The highest BCUT2D eigenvalue weighted by atomic mass is 35.5. The molecule has 7 heteroatoms. The largest absolute Gasteiger partial charge is 0.307 e. The first kappa shape index (κ1) is 18.7. The molecule has 2 atom stereocenters. The average Bonchev–Trinajstić information content (AvgIpc) is 2.90. The zero-order chi connectivity index (χ0) is 19.1. The van der Waals surface area contributed by atoms with Crippen LogP contribution < -0.4 is 9.21 Å². The van der Waals surface area contributed by atoms with E-state index in [2.05, 4.69) is 0 Å². The van der Waals surface area contributed by atoms with Gasteiger partial charge in [-0.15, -0.1) is 0 Å². The van der Waals surface area contributed by atoms with Crippen molar-refractivity contribution in [3.05, 3.63) is 59.1 Å². The van der Waals surface area contributed by atoms with Gasteiger partial charge >= 0.3 is 0 Å². The molecule has 1 aliphatic heterocycles. The van der Waals surface area contributed by atoms with Gasteiger partial charge in [0, 0.05) is 16.8 Å². The fourth-order valence-electron chi connectivity index (χ4n) is 3.49. The molecular weight excluding hydrogens is 372 g/mol. The first-order chi connectivity index (χ1) is 12.2. The maximum Gasteiger partial charge on any atom is 0.250 e. The van der Waals surface area contributed by atoms with Crippen LogP contribution in [0.3, 0.4) is 0 Å². The van der Waals surface area contributed by atoms with Crippen molar-refractivity contribution in [3.8, 4) is 0 Å². The van der Waals surface area contributed by atoms with Crippen molar-refractivity contribution in [1.82, 2.24) is 0 Å². The summed E-state index contributed by atoms with van der Waals surface area (Å²) >= 11 is 5.91. The van der Waals surface area contributed by atoms with Gasteiger partial charge in [-0.05, 0) is 56.2 Å². The summed E-state index contributed by atoms with van der Waals surface area (Å²) in [6.45, 7) is 3.59. The molecule has 0 saturated heterocycles. The van der Waals surface area contributed by atoms with Crippen LogP contribution in [0.25, 0.3) is 0 Å². The maximum atomic E-state index is 13.2. The van der Waals surface area contributed by atoms with Crippen LogP contribution in [0.4, 0.5) is 11.4 Å². The van der Waals surface area contributed by atoms with Gasteiger partial charge in [-0.25, -0.2) is 8.42 Å². The maximum absolute atomic E-state index is 13.2. The fraction of sp³-hybridized carbons (Fsp3) is 0.316. The second-order valence-corrected chi connectivity index (χ2v) is 8.90. The zero-order valence-electron chi connectivity index (χ0n) is 14.9. The first-order valence-electron chi connectivity index (χ1n) is 8.36. The number of sulfonamides is 1. The third-order valence-electron chi connectivity index (χ3n) is 4.59. The van der Waals surface area contributed by atoms with Crippen molar-refractivity contribution in [2.75, 3.05) is 15.5 Å². The zero-order valence-corrected chi connectivity index (χ0v) is 16.5. The van der Waals surface area contributed by atoms with Gasteiger partial charge in [0.15, 0.2) is 0 Å².